The summed E-state index contributed by atoms with van der Waals surface area (Å²) in [6, 6.07) is 13.9. The van der Waals surface area contributed by atoms with Gasteiger partial charge in [-0.05, 0) is 16.3 Å². The quantitative estimate of drug-likeness (QED) is 0.711. The fraction of sp³-hybridized carbons (Fsp3) is 0.0769. The molecule has 0 spiro atoms. The maximum absolute atomic E-state index is 9.71. The highest BCUT2D eigenvalue weighted by Gasteiger charge is 2.05. The van der Waals surface area contributed by atoms with Gasteiger partial charge in [-0.2, -0.15) is 0 Å². The van der Waals surface area contributed by atoms with Crippen LogP contribution in [0.4, 0.5) is 0 Å². The average Bonchev–Trinajstić information content (AvgIpc) is 2.27. The molecule has 0 saturated heterocycles. The monoisotopic (exact) mass is 184 g/mol. The van der Waals surface area contributed by atoms with E-state index in [4.69, 9.17) is 0 Å². The van der Waals surface area contributed by atoms with E-state index in [9.17, 15) is 5.11 Å². The van der Waals surface area contributed by atoms with E-state index in [1.807, 2.05) is 42.5 Å². The summed E-state index contributed by atoms with van der Waals surface area (Å²) in [6.45, 7) is 3.59. The van der Waals surface area contributed by atoms with Crippen molar-refractivity contribution in [2.24, 2.45) is 0 Å². The molecule has 1 N–H and O–H groups in total. The van der Waals surface area contributed by atoms with Crippen molar-refractivity contribution < 1.29 is 5.11 Å². The molecule has 1 heteroatoms. The zero-order valence-corrected chi connectivity index (χ0v) is 7.85. The number of benzene rings is 2. The number of hydrogen-bond acceptors (Lipinski definition) is 1. The zero-order valence-electron chi connectivity index (χ0n) is 7.85. The van der Waals surface area contributed by atoms with Gasteiger partial charge in [-0.3, -0.25) is 0 Å². The summed E-state index contributed by atoms with van der Waals surface area (Å²) in [5, 5.41) is 11.9. The predicted molar refractivity (Wildman–Crippen MR) is 59.1 cm³/mol. The van der Waals surface area contributed by atoms with E-state index in [2.05, 4.69) is 6.58 Å². The second-order valence-electron chi connectivity index (χ2n) is 3.25. The fourth-order valence-corrected chi connectivity index (χ4v) is 1.64. The van der Waals surface area contributed by atoms with Gasteiger partial charge in [-0.25, -0.2) is 0 Å². The van der Waals surface area contributed by atoms with Crippen LogP contribution in [-0.2, 0) is 0 Å². The maximum atomic E-state index is 9.71. The van der Waals surface area contributed by atoms with Gasteiger partial charge in [-0.15, -0.1) is 6.58 Å². The molecule has 0 aliphatic carbocycles. The van der Waals surface area contributed by atoms with Gasteiger partial charge in [0.05, 0.1) is 6.10 Å². The molecule has 2 aromatic carbocycles. The molecule has 70 valence electrons. The third-order valence-electron chi connectivity index (χ3n) is 2.37. The largest absolute Gasteiger partial charge is 0.384 e. The van der Waals surface area contributed by atoms with Gasteiger partial charge >= 0.3 is 0 Å². The van der Waals surface area contributed by atoms with E-state index in [-0.39, 0.29) is 0 Å². The minimum absolute atomic E-state index is 0.582. The Morgan fingerprint density at radius 1 is 1.07 bits per heavy atom. The van der Waals surface area contributed by atoms with Crippen LogP contribution in [-0.4, -0.2) is 5.11 Å². The van der Waals surface area contributed by atoms with E-state index in [1.165, 1.54) is 0 Å². The molecule has 0 heterocycles. The van der Waals surface area contributed by atoms with Crippen LogP contribution in [0.5, 0.6) is 0 Å². The summed E-state index contributed by atoms with van der Waals surface area (Å²) >= 11 is 0. The summed E-state index contributed by atoms with van der Waals surface area (Å²) in [5.74, 6) is 0. The summed E-state index contributed by atoms with van der Waals surface area (Å²) in [6.07, 6.45) is 0.961. The molecule has 0 saturated carbocycles. The molecule has 2 rings (SSSR count). The minimum atomic E-state index is -0.582. The highest BCUT2D eigenvalue weighted by molar-refractivity contribution is 5.86. The third kappa shape index (κ3) is 1.42. The first-order chi connectivity index (χ1) is 6.83. The first kappa shape index (κ1) is 8.97. The molecular weight excluding hydrogens is 172 g/mol. The van der Waals surface area contributed by atoms with Crippen molar-refractivity contribution in [2.75, 3.05) is 0 Å². The highest BCUT2D eigenvalue weighted by Crippen LogP contribution is 2.24. The topological polar surface area (TPSA) is 20.2 Å². The standard InChI is InChI=1S/C13H12O/c1-2-13(14)12-9-5-7-10-6-3-4-8-11(10)12/h2-9,13-14H,1H2. The van der Waals surface area contributed by atoms with E-state index >= 15 is 0 Å². The van der Waals surface area contributed by atoms with Crippen LogP contribution < -0.4 is 0 Å². The Kier molecular flexibility index (Phi) is 2.33. The molecule has 0 fully saturated rings. The van der Waals surface area contributed by atoms with E-state index in [0.717, 1.165) is 16.3 Å². The van der Waals surface area contributed by atoms with Crippen LogP contribution in [0.1, 0.15) is 11.7 Å². The van der Waals surface area contributed by atoms with E-state index < -0.39 is 6.10 Å². The number of fused-ring (bicyclic) bond motifs is 1. The molecule has 14 heavy (non-hydrogen) atoms. The predicted octanol–water partition coefficient (Wildman–Crippen LogP) is 3.06. The molecule has 2 aromatic rings. The van der Waals surface area contributed by atoms with Gasteiger partial charge in [0.2, 0.25) is 0 Å². The fourth-order valence-electron chi connectivity index (χ4n) is 1.64. The van der Waals surface area contributed by atoms with Crippen molar-refractivity contribution in [2.45, 2.75) is 6.10 Å². The van der Waals surface area contributed by atoms with Crippen molar-refractivity contribution in [3.8, 4) is 0 Å². The first-order valence-corrected chi connectivity index (χ1v) is 4.61. The molecule has 0 radical (unpaired) electrons. The van der Waals surface area contributed by atoms with Crippen LogP contribution >= 0.6 is 0 Å². The zero-order chi connectivity index (χ0) is 9.97. The van der Waals surface area contributed by atoms with Crippen molar-refractivity contribution >= 4 is 10.8 Å². The molecule has 0 aliphatic heterocycles. The Morgan fingerprint density at radius 3 is 2.57 bits per heavy atom. The van der Waals surface area contributed by atoms with Crippen molar-refractivity contribution in [1.29, 1.82) is 0 Å². The second kappa shape index (κ2) is 3.64. The summed E-state index contributed by atoms with van der Waals surface area (Å²) in [4.78, 5) is 0. The summed E-state index contributed by atoms with van der Waals surface area (Å²) in [5.41, 5.74) is 0.915. The lowest BCUT2D eigenvalue weighted by Gasteiger charge is -2.09. The Bertz CT molecular complexity index is 454. The van der Waals surface area contributed by atoms with Crippen LogP contribution in [0, 0.1) is 0 Å². The summed E-state index contributed by atoms with van der Waals surface area (Å²) < 4.78 is 0. The van der Waals surface area contributed by atoms with Crippen LogP contribution in [0.3, 0.4) is 0 Å². The minimum Gasteiger partial charge on any atom is -0.384 e. The molecule has 0 aliphatic rings. The molecule has 1 nitrogen and oxygen atoms in total. The molecule has 1 unspecified atom stereocenters. The molecule has 0 amide bonds. The van der Waals surface area contributed by atoms with E-state index in [1.54, 1.807) is 6.08 Å². The lowest BCUT2D eigenvalue weighted by Crippen LogP contribution is -1.93. The molecular formula is C13H12O. The van der Waals surface area contributed by atoms with Crippen LogP contribution in [0.2, 0.25) is 0 Å². The first-order valence-electron chi connectivity index (χ1n) is 4.61. The third-order valence-corrected chi connectivity index (χ3v) is 2.37. The SMILES string of the molecule is C=CC(O)c1cccc2ccccc12. The van der Waals surface area contributed by atoms with Gasteiger partial charge in [0, 0.05) is 0 Å². The van der Waals surface area contributed by atoms with Crippen LogP contribution in [0.15, 0.2) is 55.1 Å². The lowest BCUT2D eigenvalue weighted by atomic mass is 10.0. The Morgan fingerprint density at radius 2 is 1.79 bits per heavy atom. The smallest absolute Gasteiger partial charge is 0.0975 e. The van der Waals surface area contributed by atoms with Gasteiger partial charge < -0.3 is 5.11 Å². The highest BCUT2D eigenvalue weighted by atomic mass is 16.3. The van der Waals surface area contributed by atoms with Crippen molar-refractivity contribution in [3.63, 3.8) is 0 Å². The maximum Gasteiger partial charge on any atom is 0.0975 e. The normalized spacial score (nSPS) is 12.6. The van der Waals surface area contributed by atoms with Gasteiger partial charge in [0.25, 0.3) is 0 Å². The molecule has 0 aromatic heterocycles. The molecule has 0 bridgehead atoms. The lowest BCUT2D eigenvalue weighted by molar-refractivity contribution is 0.230. The van der Waals surface area contributed by atoms with Crippen LogP contribution in [0.25, 0.3) is 10.8 Å². The Balaban J connectivity index is 2.70. The van der Waals surface area contributed by atoms with E-state index in [0.29, 0.717) is 0 Å². The van der Waals surface area contributed by atoms with Gasteiger partial charge in [0.15, 0.2) is 0 Å². The summed E-state index contributed by atoms with van der Waals surface area (Å²) in [7, 11) is 0. The van der Waals surface area contributed by atoms with Crippen molar-refractivity contribution in [1.82, 2.24) is 0 Å². The Labute approximate surface area is 83.3 Å². The second-order valence-corrected chi connectivity index (χ2v) is 3.25. The van der Waals surface area contributed by atoms with Gasteiger partial charge in [-0.1, -0.05) is 48.5 Å². The van der Waals surface area contributed by atoms with Gasteiger partial charge in [0.1, 0.15) is 0 Å². The number of aliphatic hydroxyl groups excluding tert-OH is 1. The number of aliphatic hydroxyl groups is 1. The number of rotatable bonds is 2. The van der Waals surface area contributed by atoms with Crippen molar-refractivity contribution in [3.05, 3.63) is 60.7 Å². The number of hydrogen-bond donors (Lipinski definition) is 1. The average molecular weight is 184 g/mol. The molecule has 1 atom stereocenters. The Hall–Kier alpha value is -1.60.